The van der Waals surface area contributed by atoms with Gasteiger partial charge >= 0.3 is 0 Å². The Balaban J connectivity index is 1.92. The molecule has 4 heteroatoms. The molecule has 2 amide bonds. The minimum Gasteiger partial charge on any atom is -0.352 e. The van der Waals surface area contributed by atoms with E-state index in [0.717, 1.165) is 22.3 Å². The molecule has 1 N–H and O–H groups in total. The average molecular weight is 443 g/mol. The van der Waals surface area contributed by atoms with Crippen molar-refractivity contribution >= 4 is 11.8 Å². The zero-order valence-electron chi connectivity index (χ0n) is 20.0. The summed E-state index contributed by atoms with van der Waals surface area (Å²) in [4.78, 5) is 28.4. The largest absolute Gasteiger partial charge is 0.352 e. The van der Waals surface area contributed by atoms with Crippen LogP contribution in [0.3, 0.4) is 0 Å². The number of hydrogen-bond acceptors (Lipinski definition) is 2. The monoisotopic (exact) mass is 442 g/mol. The lowest BCUT2D eigenvalue weighted by atomic mass is 9.88. The molecular weight excluding hydrogens is 408 g/mol. The van der Waals surface area contributed by atoms with E-state index in [9.17, 15) is 9.59 Å². The van der Waals surface area contributed by atoms with Crippen LogP contribution in [0.1, 0.15) is 55.4 Å². The smallest absolute Gasteiger partial charge is 0.242 e. The Morgan fingerprint density at radius 3 is 1.91 bits per heavy atom. The molecular formula is C29H34N2O2. The third-order valence-corrected chi connectivity index (χ3v) is 5.82. The second-order valence-corrected chi connectivity index (χ2v) is 8.93. The summed E-state index contributed by atoms with van der Waals surface area (Å²) >= 11 is 0. The van der Waals surface area contributed by atoms with Crippen LogP contribution in [-0.4, -0.2) is 28.8 Å². The molecule has 3 rings (SSSR count). The Morgan fingerprint density at radius 2 is 1.39 bits per heavy atom. The first-order chi connectivity index (χ1) is 15.8. The first-order valence-corrected chi connectivity index (χ1v) is 11.6. The topological polar surface area (TPSA) is 49.4 Å². The molecule has 0 aliphatic carbocycles. The van der Waals surface area contributed by atoms with E-state index in [4.69, 9.17) is 0 Å². The Bertz CT molecular complexity index is 1010. The van der Waals surface area contributed by atoms with Crippen LogP contribution < -0.4 is 5.32 Å². The van der Waals surface area contributed by atoms with Crippen LogP contribution >= 0.6 is 0 Å². The van der Waals surface area contributed by atoms with E-state index in [1.807, 2.05) is 82.3 Å². The Hall–Kier alpha value is -3.40. The SMILES string of the molecule is Cc1cccc(CN(C(=O)CC(c2ccccc2)c2ccccc2)[C@H](C)C(=O)NC(C)C)c1. The Kier molecular flexibility index (Phi) is 8.42. The zero-order valence-corrected chi connectivity index (χ0v) is 20.0. The number of benzene rings is 3. The van der Waals surface area contributed by atoms with Crippen LogP contribution in [0.15, 0.2) is 84.9 Å². The Morgan fingerprint density at radius 1 is 0.818 bits per heavy atom. The third kappa shape index (κ3) is 6.79. The maximum atomic E-state index is 13.8. The number of amides is 2. The van der Waals surface area contributed by atoms with E-state index in [2.05, 4.69) is 35.6 Å². The van der Waals surface area contributed by atoms with E-state index in [1.165, 1.54) is 0 Å². The lowest BCUT2D eigenvalue weighted by Crippen LogP contribution is -2.49. The summed E-state index contributed by atoms with van der Waals surface area (Å²) in [6.07, 6.45) is 0.291. The summed E-state index contributed by atoms with van der Waals surface area (Å²) in [5.74, 6) is -0.261. The number of carbonyl (C=O) groups is 2. The second kappa shape index (κ2) is 11.5. The first-order valence-electron chi connectivity index (χ1n) is 11.6. The molecule has 4 nitrogen and oxygen atoms in total. The lowest BCUT2D eigenvalue weighted by molar-refractivity contribution is -0.141. The number of carbonyl (C=O) groups excluding carboxylic acids is 2. The van der Waals surface area contributed by atoms with Crippen LogP contribution in [0, 0.1) is 6.92 Å². The molecule has 0 saturated heterocycles. The van der Waals surface area contributed by atoms with E-state index in [1.54, 1.807) is 4.90 Å². The summed E-state index contributed by atoms with van der Waals surface area (Å²) in [5, 5.41) is 2.96. The molecule has 3 aromatic rings. The summed E-state index contributed by atoms with van der Waals surface area (Å²) in [6, 6.07) is 27.7. The molecule has 0 radical (unpaired) electrons. The van der Waals surface area contributed by atoms with Crippen molar-refractivity contribution in [1.82, 2.24) is 10.2 Å². The first kappa shape index (κ1) is 24.2. The van der Waals surface area contributed by atoms with Crippen LogP contribution in [0.2, 0.25) is 0 Å². The van der Waals surface area contributed by atoms with Crippen molar-refractivity contribution in [2.45, 2.75) is 58.7 Å². The van der Waals surface area contributed by atoms with Crippen molar-refractivity contribution in [3.8, 4) is 0 Å². The normalized spacial score (nSPS) is 11.9. The van der Waals surface area contributed by atoms with E-state index in [0.29, 0.717) is 13.0 Å². The zero-order chi connectivity index (χ0) is 23.8. The molecule has 0 unspecified atom stereocenters. The summed E-state index contributed by atoms with van der Waals surface area (Å²) in [6.45, 7) is 8.09. The van der Waals surface area contributed by atoms with E-state index in [-0.39, 0.29) is 23.8 Å². The number of nitrogens with zero attached hydrogens (tertiary/aromatic N) is 1. The van der Waals surface area contributed by atoms with Gasteiger partial charge in [0, 0.05) is 24.9 Å². The van der Waals surface area contributed by atoms with Crippen molar-refractivity contribution in [1.29, 1.82) is 0 Å². The molecule has 1 atom stereocenters. The highest BCUT2D eigenvalue weighted by atomic mass is 16.2. The molecule has 0 saturated carbocycles. The maximum absolute atomic E-state index is 13.8. The van der Waals surface area contributed by atoms with Gasteiger partial charge in [-0.25, -0.2) is 0 Å². The second-order valence-electron chi connectivity index (χ2n) is 8.93. The standard InChI is InChI=1S/C29H34N2O2/c1-21(2)30-29(33)23(4)31(20-24-13-11-12-22(3)18-24)28(32)19-27(25-14-7-5-8-15-25)26-16-9-6-10-17-26/h5-18,21,23,27H,19-20H2,1-4H3,(H,30,33)/t23-/m1/s1. The third-order valence-electron chi connectivity index (χ3n) is 5.82. The molecule has 3 aromatic carbocycles. The van der Waals surface area contributed by atoms with Crippen LogP contribution in [-0.2, 0) is 16.1 Å². The van der Waals surface area contributed by atoms with Gasteiger partial charge in [-0.05, 0) is 44.4 Å². The average Bonchev–Trinajstić information content (AvgIpc) is 2.81. The lowest BCUT2D eigenvalue weighted by Gasteiger charge is -2.31. The minimum atomic E-state index is -0.576. The van der Waals surface area contributed by atoms with Gasteiger partial charge in [-0.15, -0.1) is 0 Å². The predicted molar refractivity (Wildman–Crippen MR) is 134 cm³/mol. The van der Waals surface area contributed by atoms with E-state index >= 15 is 0 Å². The fraction of sp³-hybridized carbons (Fsp3) is 0.310. The number of rotatable bonds is 9. The maximum Gasteiger partial charge on any atom is 0.242 e. The van der Waals surface area contributed by atoms with Crippen molar-refractivity contribution in [2.24, 2.45) is 0 Å². The highest BCUT2D eigenvalue weighted by molar-refractivity contribution is 5.88. The van der Waals surface area contributed by atoms with Gasteiger partial charge in [0.05, 0.1) is 0 Å². The minimum absolute atomic E-state index is 0.0113. The number of hydrogen-bond donors (Lipinski definition) is 1. The molecule has 0 spiro atoms. The molecule has 0 bridgehead atoms. The van der Waals surface area contributed by atoms with Gasteiger partial charge < -0.3 is 10.2 Å². The van der Waals surface area contributed by atoms with Gasteiger partial charge in [0.2, 0.25) is 11.8 Å². The fourth-order valence-electron chi connectivity index (χ4n) is 4.09. The van der Waals surface area contributed by atoms with Gasteiger partial charge in [0.1, 0.15) is 6.04 Å². The summed E-state index contributed by atoms with van der Waals surface area (Å²) in [5.41, 5.74) is 4.33. The van der Waals surface area contributed by atoms with Gasteiger partial charge in [0.15, 0.2) is 0 Å². The Labute approximate surface area is 197 Å². The molecule has 172 valence electrons. The number of nitrogens with one attached hydrogen (secondary N) is 1. The van der Waals surface area contributed by atoms with Crippen molar-refractivity contribution in [3.05, 3.63) is 107 Å². The van der Waals surface area contributed by atoms with Crippen LogP contribution in [0.4, 0.5) is 0 Å². The van der Waals surface area contributed by atoms with Crippen molar-refractivity contribution in [2.75, 3.05) is 0 Å². The van der Waals surface area contributed by atoms with E-state index < -0.39 is 6.04 Å². The number of aryl methyl sites for hydroxylation is 1. The molecule has 33 heavy (non-hydrogen) atoms. The summed E-state index contributed by atoms with van der Waals surface area (Å²) in [7, 11) is 0. The van der Waals surface area contributed by atoms with Crippen LogP contribution in [0.5, 0.6) is 0 Å². The molecule has 0 fully saturated rings. The highest BCUT2D eigenvalue weighted by Crippen LogP contribution is 2.29. The molecule has 0 aliphatic heterocycles. The summed E-state index contributed by atoms with van der Waals surface area (Å²) < 4.78 is 0. The van der Waals surface area contributed by atoms with Gasteiger partial charge in [-0.2, -0.15) is 0 Å². The van der Waals surface area contributed by atoms with Gasteiger partial charge in [-0.1, -0.05) is 90.5 Å². The van der Waals surface area contributed by atoms with Gasteiger partial charge in [-0.3, -0.25) is 9.59 Å². The fourth-order valence-corrected chi connectivity index (χ4v) is 4.09. The molecule has 0 heterocycles. The quantitative estimate of drug-likeness (QED) is 0.478. The molecule has 0 aromatic heterocycles. The van der Waals surface area contributed by atoms with Crippen molar-refractivity contribution < 1.29 is 9.59 Å². The molecule has 0 aliphatic rings. The highest BCUT2D eigenvalue weighted by Gasteiger charge is 2.29. The predicted octanol–water partition coefficient (Wildman–Crippen LogP) is 5.46. The van der Waals surface area contributed by atoms with Gasteiger partial charge in [0.25, 0.3) is 0 Å². The van der Waals surface area contributed by atoms with Crippen molar-refractivity contribution in [3.63, 3.8) is 0 Å². The van der Waals surface area contributed by atoms with Crippen LogP contribution in [0.25, 0.3) is 0 Å².